The van der Waals surface area contributed by atoms with Crippen molar-refractivity contribution in [3.05, 3.63) is 35.1 Å². The topological polar surface area (TPSA) is 82.1 Å². The molecule has 0 atom stereocenters. The molecule has 20 heavy (non-hydrogen) atoms. The molecule has 0 saturated carbocycles. The predicted molar refractivity (Wildman–Crippen MR) is 76.2 cm³/mol. The fourth-order valence-corrected chi connectivity index (χ4v) is 2.02. The Kier molecular flexibility index (Phi) is 5.47. The van der Waals surface area contributed by atoms with Gasteiger partial charge in [-0.1, -0.05) is 24.2 Å². The molecule has 112 valence electrons. The summed E-state index contributed by atoms with van der Waals surface area (Å²) in [5.74, 6) is -0.758. The minimum absolute atomic E-state index is 0.0734. The van der Waals surface area contributed by atoms with Gasteiger partial charge in [-0.15, -0.1) is 0 Å². The summed E-state index contributed by atoms with van der Waals surface area (Å²) in [5.41, 5.74) is 5.10. The second-order valence-electron chi connectivity index (χ2n) is 5.38. The Morgan fingerprint density at radius 3 is 2.60 bits per heavy atom. The summed E-state index contributed by atoms with van der Waals surface area (Å²) in [5, 5.41) is 21.3. The van der Waals surface area contributed by atoms with E-state index in [4.69, 9.17) is 10.9 Å². The first-order valence-electron chi connectivity index (χ1n) is 6.48. The van der Waals surface area contributed by atoms with E-state index >= 15 is 0 Å². The number of hydrogen-bond acceptors (Lipinski definition) is 4. The number of likely N-dealkylation sites (N-methyl/N-ethyl adjacent to an activating group) is 1. The molecule has 1 aromatic carbocycles. The van der Waals surface area contributed by atoms with Crippen molar-refractivity contribution in [2.24, 2.45) is 10.9 Å². The van der Waals surface area contributed by atoms with Crippen LogP contribution in [0.25, 0.3) is 0 Å². The maximum absolute atomic E-state index is 14.3. The Bertz CT molecular complexity index is 484. The number of hydrogen-bond donors (Lipinski definition) is 3. The van der Waals surface area contributed by atoms with E-state index in [-0.39, 0.29) is 11.4 Å². The number of benzene rings is 1. The Hall–Kier alpha value is -1.66. The van der Waals surface area contributed by atoms with Gasteiger partial charge in [-0.3, -0.25) is 4.90 Å². The van der Waals surface area contributed by atoms with Crippen LogP contribution in [0.15, 0.2) is 23.4 Å². The number of oxime groups is 1. The van der Waals surface area contributed by atoms with Crippen LogP contribution >= 0.6 is 0 Å². The zero-order valence-electron chi connectivity index (χ0n) is 12.1. The molecule has 0 fully saturated rings. The first kappa shape index (κ1) is 16.4. The second-order valence-corrected chi connectivity index (χ2v) is 5.38. The molecule has 6 heteroatoms. The highest BCUT2D eigenvalue weighted by Gasteiger charge is 2.19. The van der Waals surface area contributed by atoms with Crippen molar-refractivity contribution in [2.75, 3.05) is 13.1 Å². The minimum atomic E-state index is -0.852. The third-order valence-electron chi connectivity index (χ3n) is 2.91. The molecule has 0 aliphatic carbocycles. The highest BCUT2D eigenvalue weighted by molar-refractivity contribution is 5.97. The smallest absolute Gasteiger partial charge is 0.173 e. The predicted octanol–water partition coefficient (Wildman–Crippen LogP) is 1.51. The van der Waals surface area contributed by atoms with Gasteiger partial charge in [-0.2, -0.15) is 0 Å². The SMILES string of the molecule is CCN(Cc1cccc(/C(N)=N/O)c1F)CC(C)(C)O. The Morgan fingerprint density at radius 1 is 1.45 bits per heavy atom. The van der Waals surface area contributed by atoms with Crippen LogP contribution in [-0.4, -0.2) is 39.7 Å². The summed E-state index contributed by atoms with van der Waals surface area (Å²) in [6.07, 6.45) is 0. The van der Waals surface area contributed by atoms with Gasteiger partial charge in [-0.05, 0) is 26.5 Å². The molecular weight excluding hydrogens is 261 g/mol. The van der Waals surface area contributed by atoms with Gasteiger partial charge >= 0.3 is 0 Å². The van der Waals surface area contributed by atoms with E-state index in [1.165, 1.54) is 6.07 Å². The van der Waals surface area contributed by atoms with Crippen molar-refractivity contribution in [1.82, 2.24) is 4.90 Å². The molecule has 0 bridgehead atoms. The summed E-state index contributed by atoms with van der Waals surface area (Å²) in [4.78, 5) is 1.93. The van der Waals surface area contributed by atoms with Crippen molar-refractivity contribution in [3.63, 3.8) is 0 Å². The molecule has 1 aromatic rings. The van der Waals surface area contributed by atoms with Gasteiger partial charge < -0.3 is 16.0 Å². The van der Waals surface area contributed by atoms with Gasteiger partial charge in [0.1, 0.15) is 5.82 Å². The zero-order valence-corrected chi connectivity index (χ0v) is 12.1. The molecule has 0 heterocycles. The van der Waals surface area contributed by atoms with E-state index in [1.54, 1.807) is 26.0 Å². The van der Waals surface area contributed by atoms with Crippen LogP contribution in [0.3, 0.4) is 0 Å². The lowest BCUT2D eigenvalue weighted by atomic mass is 10.1. The molecule has 0 radical (unpaired) electrons. The van der Waals surface area contributed by atoms with Crippen molar-refractivity contribution in [2.45, 2.75) is 32.9 Å². The van der Waals surface area contributed by atoms with E-state index < -0.39 is 11.4 Å². The number of nitrogens with two attached hydrogens (primary N) is 1. The Morgan fingerprint density at radius 2 is 2.10 bits per heavy atom. The van der Waals surface area contributed by atoms with Crippen molar-refractivity contribution >= 4 is 5.84 Å². The van der Waals surface area contributed by atoms with Crippen LogP contribution in [-0.2, 0) is 6.54 Å². The number of rotatable bonds is 6. The van der Waals surface area contributed by atoms with Gasteiger partial charge in [-0.25, -0.2) is 4.39 Å². The average molecular weight is 283 g/mol. The van der Waals surface area contributed by atoms with Gasteiger partial charge in [0.05, 0.1) is 11.2 Å². The van der Waals surface area contributed by atoms with Gasteiger partial charge in [0, 0.05) is 18.7 Å². The molecule has 5 nitrogen and oxygen atoms in total. The fourth-order valence-electron chi connectivity index (χ4n) is 2.02. The number of nitrogens with zero attached hydrogens (tertiary/aromatic N) is 2. The molecule has 0 aliphatic rings. The van der Waals surface area contributed by atoms with Crippen LogP contribution in [0.1, 0.15) is 31.9 Å². The third-order valence-corrected chi connectivity index (χ3v) is 2.91. The summed E-state index contributed by atoms with van der Waals surface area (Å²) in [7, 11) is 0. The van der Waals surface area contributed by atoms with Crippen molar-refractivity contribution < 1.29 is 14.7 Å². The van der Waals surface area contributed by atoms with Gasteiger partial charge in [0.2, 0.25) is 0 Å². The summed E-state index contributed by atoms with van der Waals surface area (Å²) in [6, 6.07) is 4.76. The van der Waals surface area contributed by atoms with E-state index in [1.807, 2.05) is 11.8 Å². The van der Waals surface area contributed by atoms with Crippen LogP contribution in [0.2, 0.25) is 0 Å². The molecule has 4 N–H and O–H groups in total. The molecule has 1 rings (SSSR count). The molecule has 0 aliphatic heterocycles. The maximum atomic E-state index is 14.3. The van der Waals surface area contributed by atoms with E-state index in [0.29, 0.717) is 25.2 Å². The molecule has 0 amide bonds. The summed E-state index contributed by atoms with van der Waals surface area (Å²) < 4.78 is 14.3. The average Bonchev–Trinajstić information content (AvgIpc) is 2.37. The summed E-state index contributed by atoms with van der Waals surface area (Å²) >= 11 is 0. The summed E-state index contributed by atoms with van der Waals surface area (Å²) in [6.45, 7) is 6.81. The van der Waals surface area contributed by atoms with Gasteiger partial charge in [0.25, 0.3) is 0 Å². The first-order valence-corrected chi connectivity index (χ1v) is 6.48. The quantitative estimate of drug-likeness (QED) is 0.320. The van der Waals surface area contributed by atoms with Crippen molar-refractivity contribution in [3.8, 4) is 0 Å². The standard InChI is InChI=1S/C14H22FN3O2/c1-4-18(9-14(2,3)19)8-10-6-5-7-11(12(10)15)13(16)17-20/h5-7,19-20H,4,8-9H2,1-3H3,(H2,16,17). The molecule has 0 spiro atoms. The monoisotopic (exact) mass is 283 g/mol. The Labute approximate surface area is 118 Å². The highest BCUT2D eigenvalue weighted by atomic mass is 19.1. The van der Waals surface area contributed by atoms with E-state index in [0.717, 1.165) is 0 Å². The van der Waals surface area contributed by atoms with Crippen LogP contribution in [0.5, 0.6) is 0 Å². The van der Waals surface area contributed by atoms with Crippen molar-refractivity contribution in [1.29, 1.82) is 0 Å². The molecule has 0 saturated heterocycles. The lowest BCUT2D eigenvalue weighted by Gasteiger charge is -2.28. The van der Waals surface area contributed by atoms with Crippen LogP contribution in [0.4, 0.5) is 4.39 Å². The zero-order chi connectivity index (χ0) is 15.3. The fraction of sp³-hybridized carbons (Fsp3) is 0.500. The lowest BCUT2D eigenvalue weighted by molar-refractivity contribution is 0.0350. The maximum Gasteiger partial charge on any atom is 0.173 e. The largest absolute Gasteiger partial charge is 0.409 e. The highest BCUT2D eigenvalue weighted by Crippen LogP contribution is 2.16. The number of amidine groups is 1. The molecule has 0 aromatic heterocycles. The number of aliphatic hydroxyl groups is 1. The normalized spacial score (nSPS) is 13.0. The number of halogens is 1. The lowest BCUT2D eigenvalue weighted by Crippen LogP contribution is -2.38. The van der Waals surface area contributed by atoms with E-state index in [9.17, 15) is 9.50 Å². The van der Waals surface area contributed by atoms with Crippen LogP contribution < -0.4 is 5.73 Å². The van der Waals surface area contributed by atoms with E-state index in [2.05, 4.69) is 5.16 Å². The first-order chi connectivity index (χ1) is 9.28. The third kappa shape index (κ3) is 4.47. The minimum Gasteiger partial charge on any atom is -0.409 e. The molecular formula is C14H22FN3O2. The second kappa shape index (κ2) is 6.67. The van der Waals surface area contributed by atoms with Gasteiger partial charge in [0.15, 0.2) is 5.84 Å². The molecule has 0 unspecified atom stereocenters. The Balaban J connectivity index is 2.97. The van der Waals surface area contributed by atoms with Crippen LogP contribution in [0, 0.1) is 5.82 Å².